The average Bonchev–Trinajstić information content (AvgIpc) is 3.19. The third-order valence-corrected chi connectivity index (χ3v) is 16.2. The Hall–Kier alpha value is -0.853. The van der Waals surface area contributed by atoms with E-state index in [1.54, 1.807) is 0 Å². The lowest BCUT2D eigenvalue weighted by Crippen LogP contribution is -2.44. The topological polar surface area (TPSA) is 46.6 Å². The third kappa shape index (κ3) is 7.58. The molecule has 1 unspecified atom stereocenters. The minimum Gasteiger partial charge on any atom is -0.412 e. The van der Waals surface area contributed by atoms with Crippen molar-refractivity contribution in [1.82, 2.24) is 0 Å². The predicted octanol–water partition coefficient (Wildman–Crippen LogP) is 7.24. The van der Waals surface area contributed by atoms with Gasteiger partial charge in [-0.25, -0.2) is 8.42 Å². The summed E-state index contributed by atoms with van der Waals surface area (Å²) in [5, 5.41) is 0.255. The van der Waals surface area contributed by atoms with Gasteiger partial charge in [-0.15, -0.1) is 0 Å². The number of sulfone groups is 1. The van der Waals surface area contributed by atoms with Gasteiger partial charge in [-0.1, -0.05) is 45.7 Å². The van der Waals surface area contributed by atoms with Crippen molar-refractivity contribution >= 4 is 23.8 Å². The molecule has 200 valence electrons. The van der Waals surface area contributed by atoms with Crippen molar-refractivity contribution in [2.45, 2.75) is 115 Å². The minimum atomic E-state index is -3.01. The van der Waals surface area contributed by atoms with E-state index in [1.165, 1.54) is 30.5 Å². The number of anilines is 1. The number of hydrogen-bond acceptors (Lipinski definition) is 4. The Labute approximate surface area is 217 Å². The van der Waals surface area contributed by atoms with Crippen LogP contribution in [0.4, 0.5) is 5.69 Å². The summed E-state index contributed by atoms with van der Waals surface area (Å²) in [6.45, 7) is 19.2. The Bertz CT molecular complexity index is 920. The number of benzene rings is 1. The third-order valence-electron chi connectivity index (χ3n) is 8.91. The first-order valence-electron chi connectivity index (χ1n) is 13.8. The monoisotopic (exact) mass is 521 g/mol. The summed E-state index contributed by atoms with van der Waals surface area (Å²) >= 11 is 0. The van der Waals surface area contributed by atoms with Gasteiger partial charge in [0.1, 0.15) is 0 Å². The molecule has 0 bridgehead atoms. The van der Waals surface area contributed by atoms with Crippen molar-refractivity contribution < 1.29 is 12.8 Å². The molecule has 4 nitrogen and oxygen atoms in total. The molecular weight excluding hydrogens is 470 g/mol. The molecule has 0 amide bonds. The van der Waals surface area contributed by atoms with Gasteiger partial charge in [0.15, 0.2) is 18.2 Å². The second-order valence-corrected chi connectivity index (χ2v) is 21.3. The Morgan fingerprint density at radius 1 is 0.914 bits per heavy atom. The van der Waals surface area contributed by atoms with Crippen LogP contribution in [0.3, 0.4) is 0 Å². The molecule has 0 radical (unpaired) electrons. The highest BCUT2D eigenvalue weighted by Gasteiger charge is 2.40. The van der Waals surface area contributed by atoms with Crippen LogP contribution in [0, 0.1) is 11.8 Å². The van der Waals surface area contributed by atoms with Gasteiger partial charge in [0, 0.05) is 18.8 Å². The van der Waals surface area contributed by atoms with E-state index in [4.69, 9.17) is 4.43 Å². The molecule has 2 fully saturated rings. The first-order chi connectivity index (χ1) is 16.1. The Balaban J connectivity index is 1.42. The molecule has 1 aromatic carbocycles. The fourth-order valence-corrected chi connectivity index (χ4v) is 7.98. The molecule has 0 N–H and O–H groups in total. The number of rotatable bonds is 8. The highest BCUT2D eigenvalue weighted by atomic mass is 32.2. The summed E-state index contributed by atoms with van der Waals surface area (Å²) in [5.41, 5.74) is 2.73. The van der Waals surface area contributed by atoms with E-state index in [2.05, 4.69) is 63.0 Å². The Morgan fingerprint density at radius 2 is 1.49 bits per heavy atom. The molecule has 1 atom stereocenters. The van der Waals surface area contributed by atoms with Crippen LogP contribution in [0.5, 0.6) is 0 Å². The SMILES string of the molecule is CC(C)(C)[Si](C)(C)OC1CCN(c2ccc(CCC3CCC(CS(=O)(=O)C(C)(C)C)CC3)cc2)C1. The highest BCUT2D eigenvalue weighted by Crippen LogP contribution is 2.39. The van der Waals surface area contributed by atoms with E-state index in [0.717, 1.165) is 44.7 Å². The average molecular weight is 522 g/mol. The first-order valence-corrected chi connectivity index (χ1v) is 18.4. The number of hydrogen-bond donors (Lipinski definition) is 0. The largest absolute Gasteiger partial charge is 0.412 e. The van der Waals surface area contributed by atoms with Crippen molar-refractivity contribution in [3.8, 4) is 0 Å². The summed E-state index contributed by atoms with van der Waals surface area (Å²) in [7, 11) is -4.73. The van der Waals surface area contributed by atoms with Gasteiger partial charge in [0.25, 0.3) is 0 Å². The molecular formula is C29H51NO3SSi. The fourth-order valence-electron chi connectivity index (χ4n) is 5.14. The second kappa shape index (κ2) is 10.9. The molecule has 1 aromatic rings. The van der Waals surface area contributed by atoms with Gasteiger partial charge < -0.3 is 9.33 Å². The van der Waals surface area contributed by atoms with Crippen LogP contribution in [-0.4, -0.2) is 46.4 Å². The summed E-state index contributed by atoms with van der Waals surface area (Å²) in [6, 6.07) is 9.19. The zero-order chi connectivity index (χ0) is 26.1. The first kappa shape index (κ1) is 28.7. The lowest BCUT2D eigenvalue weighted by atomic mass is 9.80. The van der Waals surface area contributed by atoms with E-state index in [9.17, 15) is 8.42 Å². The molecule has 0 aromatic heterocycles. The van der Waals surface area contributed by atoms with Crippen LogP contribution in [0.25, 0.3) is 0 Å². The van der Waals surface area contributed by atoms with Crippen LogP contribution in [0.15, 0.2) is 24.3 Å². The van der Waals surface area contributed by atoms with Crippen molar-refractivity contribution in [3.05, 3.63) is 29.8 Å². The summed E-state index contributed by atoms with van der Waals surface area (Å²) in [4.78, 5) is 2.48. The van der Waals surface area contributed by atoms with Crippen LogP contribution < -0.4 is 4.90 Å². The number of nitrogens with zero attached hydrogens (tertiary/aromatic N) is 1. The molecule has 1 saturated heterocycles. The van der Waals surface area contributed by atoms with E-state index < -0.39 is 22.9 Å². The molecule has 1 aliphatic heterocycles. The summed E-state index contributed by atoms with van der Waals surface area (Å²) < 4.78 is 31.1. The summed E-state index contributed by atoms with van der Waals surface area (Å²) in [6.07, 6.45) is 8.27. The molecule has 1 saturated carbocycles. The van der Waals surface area contributed by atoms with E-state index >= 15 is 0 Å². The van der Waals surface area contributed by atoms with Crippen LogP contribution >= 0.6 is 0 Å². The molecule has 0 spiro atoms. The Kier molecular flexibility index (Phi) is 8.91. The minimum absolute atomic E-state index is 0.255. The molecule has 1 aliphatic carbocycles. The van der Waals surface area contributed by atoms with Gasteiger partial charge in [0.2, 0.25) is 0 Å². The van der Waals surface area contributed by atoms with Gasteiger partial charge in [-0.2, -0.15) is 0 Å². The van der Waals surface area contributed by atoms with Crippen molar-refractivity contribution in [3.63, 3.8) is 0 Å². The maximum absolute atomic E-state index is 12.5. The quantitative estimate of drug-likeness (QED) is 0.338. The lowest BCUT2D eigenvalue weighted by Gasteiger charge is -2.38. The van der Waals surface area contributed by atoms with E-state index in [1.807, 2.05) is 20.8 Å². The molecule has 2 aliphatic rings. The smallest absolute Gasteiger partial charge is 0.192 e. The van der Waals surface area contributed by atoms with E-state index in [0.29, 0.717) is 17.8 Å². The van der Waals surface area contributed by atoms with Gasteiger partial charge >= 0.3 is 0 Å². The second-order valence-electron chi connectivity index (χ2n) is 13.7. The zero-order valence-electron chi connectivity index (χ0n) is 23.7. The van der Waals surface area contributed by atoms with Crippen molar-refractivity contribution in [2.75, 3.05) is 23.7 Å². The van der Waals surface area contributed by atoms with Crippen LogP contribution in [0.2, 0.25) is 18.1 Å². The van der Waals surface area contributed by atoms with Crippen LogP contribution in [-0.2, 0) is 20.7 Å². The van der Waals surface area contributed by atoms with Crippen molar-refractivity contribution in [1.29, 1.82) is 0 Å². The zero-order valence-corrected chi connectivity index (χ0v) is 25.5. The molecule has 3 rings (SSSR count). The van der Waals surface area contributed by atoms with Gasteiger partial charge in [-0.05, 0) is 101 Å². The normalized spacial score (nSPS) is 24.7. The maximum Gasteiger partial charge on any atom is 0.192 e. The van der Waals surface area contributed by atoms with Gasteiger partial charge in [0.05, 0.1) is 16.6 Å². The summed E-state index contributed by atoms with van der Waals surface area (Å²) in [5.74, 6) is 1.44. The highest BCUT2D eigenvalue weighted by molar-refractivity contribution is 7.92. The maximum atomic E-state index is 12.5. The fraction of sp³-hybridized carbons (Fsp3) is 0.793. The van der Waals surface area contributed by atoms with Crippen molar-refractivity contribution in [2.24, 2.45) is 11.8 Å². The lowest BCUT2D eigenvalue weighted by molar-refractivity contribution is 0.202. The number of aryl methyl sites for hydroxylation is 1. The predicted molar refractivity (Wildman–Crippen MR) is 153 cm³/mol. The molecule has 1 heterocycles. The standard InChI is InChI=1S/C29H51NO3SSi/c1-28(2,3)34(31,32)22-25-13-11-23(12-14-25)9-10-24-15-17-26(18-16-24)30-20-19-27(21-30)33-35(7,8)29(4,5)6/h15-18,23,25,27H,9-14,19-22H2,1-8H3. The molecule has 35 heavy (non-hydrogen) atoms. The van der Waals surface area contributed by atoms with Crippen LogP contribution in [0.1, 0.15) is 85.6 Å². The van der Waals surface area contributed by atoms with E-state index in [-0.39, 0.29) is 5.04 Å². The van der Waals surface area contributed by atoms with Gasteiger partial charge in [-0.3, -0.25) is 0 Å². The molecule has 6 heteroatoms. The Morgan fingerprint density at radius 3 is 2.03 bits per heavy atom.